The van der Waals surface area contributed by atoms with E-state index in [4.69, 9.17) is 9.47 Å². The Morgan fingerprint density at radius 1 is 1.04 bits per heavy atom. The third kappa shape index (κ3) is 6.99. The van der Waals surface area contributed by atoms with E-state index in [9.17, 15) is 10.2 Å². The molecule has 0 aromatic rings. The Bertz CT molecular complexity index is 366. The average Bonchev–Trinajstić information content (AvgIpc) is 2.87. The number of rotatable bonds is 9. The largest absolute Gasteiger partial charge is 0.368 e. The van der Waals surface area contributed by atoms with Crippen LogP contribution in [0.15, 0.2) is 0 Å². The molecule has 3 atom stereocenters. The third-order valence-electron chi connectivity index (χ3n) is 5.58. The van der Waals surface area contributed by atoms with Crippen LogP contribution in [0.3, 0.4) is 0 Å². The normalized spacial score (nSPS) is 22.4. The highest BCUT2D eigenvalue weighted by Crippen LogP contribution is 2.41. The van der Waals surface area contributed by atoms with E-state index in [0.29, 0.717) is 0 Å². The third-order valence-corrected chi connectivity index (χ3v) is 5.58. The van der Waals surface area contributed by atoms with Gasteiger partial charge in [-0.3, -0.25) is 0 Å². The molecule has 4 heteroatoms. The van der Waals surface area contributed by atoms with Crippen LogP contribution in [0.1, 0.15) is 87.0 Å². The standard InChI is InChI=1S/C20H40O4/c1-8-19(5,6)15(13-18(2,3)4)17(22)23-14-16(21)24-20(7)11-9-10-12-20/h15-17,21-22H,8-14H2,1-7H3. The van der Waals surface area contributed by atoms with Gasteiger partial charge in [-0.05, 0) is 37.0 Å². The van der Waals surface area contributed by atoms with E-state index >= 15 is 0 Å². The highest BCUT2D eigenvalue weighted by atomic mass is 16.7. The number of hydrogen-bond acceptors (Lipinski definition) is 4. The first-order chi connectivity index (χ1) is 10.9. The summed E-state index contributed by atoms with van der Waals surface area (Å²) < 4.78 is 11.4. The molecule has 0 aromatic heterocycles. The fourth-order valence-corrected chi connectivity index (χ4v) is 3.59. The lowest BCUT2D eigenvalue weighted by Gasteiger charge is -2.40. The lowest BCUT2D eigenvalue weighted by Crippen LogP contribution is -2.40. The van der Waals surface area contributed by atoms with Gasteiger partial charge < -0.3 is 19.7 Å². The van der Waals surface area contributed by atoms with Gasteiger partial charge in [0.15, 0.2) is 12.6 Å². The van der Waals surface area contributed by atoms with E-state index in [1.54, 1.807) is 0 Å². The molecule has 0 aromatic carbocycles. The molecule has 1 fully saturated rings. The van der Waals surface area contributed by atoms with Crippen LogP contribution in [0.25, 0.3) is 0 Å². The molecular weight excluding hydrogens is 304 g/mol. The molecule has 4 nitrogen and oxygen atoms in total. The molecular formula is C20H40O4. The van der Waals surface area contributed by atoms with E-state index < -0.39 is 12.6 Å². The van der Waals surface area contributed by atoms with Gasteiger partial charge in [0.2, 0.25) is 0 Å². The first kappa shape index (κ1) is 21.9. The van der Waals surface area contributed by atoms with Gasteiger partial charge in [0.25, 0.3) is 0 Å². The van der Waals surface area contributed by atoms with Crippen LogP contribution in [-0.4, -0.2) is 35.0 Å². The van der Waals surface area contributed by atoms with Crippen LogP contribution in [0, 0.1) is 16.7 Å². The molecule has 0 bridgehead atoms. The van der Waals surface area contributed by atoms with Gasteiger partial charge in [-0.15, -0.1) is 0 Å². The molecule has 1 aliphatic rings. The summed E-state index contributed by atoms with van der Waals surface area (Å²) in [7, 11) is 0. The van der Waals surface area contributed by atoms with Crippen molar-refractivity contribution in [2.45, 2.75) is 105 Å². The topological polar surface area (TPSA) is 58.9 Å². The number of ether oxygens (including phenoxy) is 2. The Hall–Kier alpha value is -0.160. The summed E-state index contributed by atoms with van der Waals surface area (Å²) in [6.07, 6.45) is 4.19. The van der Waals surface area contributed by atoms with Gasteiger partial charge in [-0.25, -0.2) is 0 Å². The van der Waals surface area contributed by atoms with E-state index in [-0.39, 0.29) is 29.0 Å². The molecule has 0 spiro atoms. The molecule has 0 radical (unpaired) electrons. The molecule has 0 heterocycles. The lowest BCUT2D eigenvalue weighted by atomic mass is 9.69. The van der Waals surface area contributed by atoms with E-state index in [1.165, 1.54) is 0 Å². The summed E-state index contributed by atoms with van der Waals surface area (Å²) in [5.41, 5.74) is -0.176. The van der Waals surface area contributed by atoms with Gasteiger partial charge >= 0.3 is 0 Å². The first-order valence-electron chi connectivity index (χ1n) is 9.54. The fraction of sp³-hybridized carbons (Fsp3) is 1.00. The predicted molar refractivity (Wildman–Crippen MR) is 97.6 cm³/mol. The molecule has 1 aliphatic carbocycles. The van der Waals surface area contributed by atoms with Crippen LogP contribution >= 0.6 is 0 Å². The van der Waals surface area contributed by atoms with Crippen molar-refractivity contribution in [3.8, 4) is 0 Å². The molecule has 24 heavy (non-hydrogen) atoms. The first-order valence-corrected chi connectivity index (χ1v) is 9.54. The molecule has 0 amide bonds. The molecule has 0 aliphatic heterocycles. The molecule has 2 N–H and O–H groups in total. The number of aliphatic hydroxyl groups is 2. The molecule has 1 rings (SSSR count). The second-order valence-corrected chi connectivity index (χ2v) is 9.67. The second kappa shape index (κ2) is 8.48. The zero-order chi connectivity index (χ0) is 18.6. The van der Waals surface area contributed by atoms with Crippen LogP contribution in [0.2, 0.25) is 0 Å². The van der Waals surface area contributed by atoms with Crippen LogP contribution in [0.5, 0.6) is 0 Å². The van der Waals surface area contributed by atoms with Crippen molar-refractivity contribution in [1.29, 1.82) is 0 Å². The number of hydrogen-bond donors (Lipinski definition) is 2. The summed E-state index contributed by atoms with van der Waals surface area (Å²) >= 11 is 0. The monoisotopic (exact) mass is 344 g/mol. The highest BCUT2D eigenvalue weighted by molar-refractivity contribution is 4.84. The summed E-state index contributed by atoms with van der Waals surface area (Å²) in [6.45, 7) is 15.1. The quantitative estimate of drug-likeness (QED) is 0.606. The number of aliphatic hydroxyl groups excluding tert-OH is 2. The maximum absolute atomic E-state index is 10.6. The minimum atomic E-state index is -0.984. The second-order valence-electron chi connectivity index (χ2n) is 9.67. The van der Waals surface area contributed by atoms with E-state index in [2.05, 4.69) is 41.5 Å². The summed E-state index contributed by atoms with van der Waals surface area (Å²) in [6, 6.07) is 0. The smallest absolute Gasteiger partial charge is 0.178 e. The maximum atomic E-state index is 10.6. The van der Waals surface area contributed by atoms with Crippen LogP contribution in [-0.2, 0) is 9.47 Å². The van der Waals surface area contributed by atoms with E-state index in [1.807, 2.05) is 6.92 Å². The zero-order valence-electron chi connectivity index (χ0n) is 16.9. The van der Waals surface area contributed by atoms with E-state index in [0.717, 1.165) is 38.5 Å². The van der Waals surface area contributed by atoms with Crippen molar-refractivity contribution in [2.75, 3.05) is 6.61 Å². The Kier molecular flexibility index (Phi) is 7.73. The minimum Gasteiger partial charge on any atom is -0.368 e. The van der Waals surface area contributed by atoms with Gasteiger partial charge in [-0.2, -0.15) is 0 Å². The Morgan fingerprint density at radius 3 is 2.04 bits per heavy atom. The fourth-order valence-electron chi connectivity index (χ4n) is 3.59. The van der Waals surface area contributed by atoms with Crippen LogP contribution < -0.4 is 0 Å². The molecule has 3 unspecified atom stereocenters. The van der Waals surface area contributed by atoms with Crippen molar-refractivity contribution in [1.82, 2.24) is 0 Å². The summed E-state index contributed by atoms with van der Waals surface area (Å²) in [5, 5.41) is 20.8. The van der Waals surface area contributed by atoms with Gasteiger partial charge in [0.1, 0.15) is 6.61 Å². The van der Waals surface area contributed by atoms with Crippen molar-refractivity contribution < 1.29 is 19.7 Å². The average molecular weight is 345 g/mol. The van der Waals surface area contributed by atoms with Crippen molar-refractivity contribution in [2.24, 2.45) is 16.7 Å². The Morgan fingerprint density at radius 2 is 1.58 bits per heavy atom. The van der Waals surface area contributed by atoms with Gasteiger partial charge in [0, 0.05) is 5.92 Å². The SMILES string of the molecule is CCC(C)(C)C(CC(C)(C)C)C(O)OCC(O)OC1(C)CCCC1. The predicted octanol–water partition coefficient (Wildman–Crippen LogP) is 4.48. The van der Waals surface area contributed by atoms with Crippen molar-refractivity contribution in [3.63, 3.8) is 0 Å². The highest BCUT2D eigenvalue weighted by Gasteiger charge is 2.38. The Balaban J connectivity index is 2.59. The lowest BCUT2D eigenvalue weighted by molar-refractivity contribution is -0.241. The minimum absolute atomic E-state index is 0.0109. The van der Waals surface area contributed by atoms with Crippen LogP contribution in [0.4, 0.5) is 0 Å². The van der Waals surface area contributed by atoms with Crippen molar-refractivity contribution >= 4 is 0 Å². The zero-order valence-corrected chi connectivity index (χ0v) is 16.9. The van der Waals surface area contributed by atoms with Gasteiger partial charge in [-0.1, -0.05) is 60.8 Å². The Labute approximate surface area is 148 Å². The molecule has 0 saturated heterocycles. The molecule has 1 saturated carbocycles. The van der Waals surface area contributed by atoms with Gasteiger partial charge in [0.05, 0.1) is 5.60 Å². The summed E-state index contributed by atoms with van der Waals surface area (Å²) in [5.74, 6) is 0.0109. The molecule has 144 valence electrons. The maximum Gasteiger partial charge on any atom is 0.178 e. The van der Waals surface area contributed by atoms with Crippen molar-refractivity contribution in [3.05, 3.63) is 0 Å². The summed E-state index contributed by atoms with van der Waals surface area (Å²) in [4.78, 5) is 0.